The molecular weight excluding hydrogens is 332 g/mol. The number of guanidine groups is 1. The van der Waals surface area contributed by atoms with Crippen LogP contribution in [0.5, 0.6) is 0 Å². The van der Waals surface area contributed by atoms with Crippen molar-refractivity contribution >= 4 is 23.2 Å². The van der Waals surface area contributed by atoms with Gasteiger partial charge in [0.25, 0.3) is 0 Å². The van der Waals surface area contributed by atoms with Crippen molar-refractivity contribution in [3.63, 3.8) is 0 Å². The Morgan fingerprint density at radius 2 is 1.92 bits per heavy atom. The summed E-state index contributed by atoms with van der Waals surface area (Å²) in [5.41, 5.74) is 1.22. The Morgan fingerprint density at radius 3 is 2.60 bits per heavy atom. The van der Waals surface area contributed by atoms with Crippen LogP contribution in [0.4, 0.5) is 0 Å². The molecule has 5 nitrogen and oxygen atoms in total. The zero-order valence-electron chi connectivity index (χ0n) is 14.8. The van der Waals surface area contributed by atoms with Crippen LogP contribution in [0.15, 0.2) is 52.8 Å². The van der Waals surface area contributed by atoms with E-state index in [-0.39, 0.29) is 12.5 Å². The van der Waals surface area contributed by atoms with Crippen molar-refractivity contribution in [2.45, 2.75) is 19.3 Å². The number of carbonyl (C=O) groups excluding carboxylic acids is 1. The van der Waals surface area contributed by atoms with Crippen LogP contribution in [0, 0.1) is 0 Å². The van der Waals surface area contributed by atoms with E-state index in [1.54, 1.807) is 18.4 Å². The Kier molecular flexibility index (Phi) is 7.98. The summed E-state index contributed by atoms with van der Waals surface area (Å²) in [5, 5.41) is 11.3. The summed E-state index contributed by atoms with van der Waals surface area (Å²) in [4.78, 5) is 17.4. The number of rotatable bonds is 8. The normalized spacial score (nSPS) is 12.5. The van der Waals surface area contributed by atoms with Gasteiger partial charge < -0.3 is 16.0 Å². The predicted molar refractivity (Wildman–Crippen MR) is 105 cm³/mol. The lowest BCUT2D eigenvalue weighted by atomic mass is 10.1. The number of carbonyl (C=O) groups is 1. The standard InChI is InChI=1S/C19H26N4OS/c1-15(17-9-6-12-25-17)13-22-19(20-2)23-14-18(24)21-11-10-16-7-4-3-5-8-16/h3-9,12,15H,10-11,13-14H2,1-2H3,(H,21,24)(H2,20,22,23). The fourth-order valence-electron chi connectivity index (χ4n) is 2.36. The minimum Gasteiger partial charge on any atom is -0.356 e. The van der Waals surface area contributed by atoms with Crippen molar-refractivity contribution in [3.05, 3.63) is 58.3 Å². The maximum atomic E-state index is 11.9. The summed E-state index contributed by atoms with van der Waals surface area (Å²) in [6.07, 6.45) is 0.831. The quantitative estimate of drug-likeness (QED) is 0.501. The average Bonchev–Trinajstić information content (AvgIpc) is 3.17. The molecule has 0 aliphatic carbocycles. The van der Waals surface area contributed by atoms with Crippen molar-refractivity contribution in [1.29, 1.82) is 0 Å². The van der Waals surface area contributed by atoms with Crippen molar-refractivity contribution in [2.75, 3.05) is 26.7 Å². The molecule has 0 spiro atoms. The first-order valence-corrected chi connectivity index (χ1v) is 9.35. The highest BCUT2D eigenvalue weighted by Crippen LogP contribution is 2.19. The van der Waals surface area contributed by atoms with Crippen molar-refractivity contribution in [2.24, 2.45) is 4.99 Å². The van der Waals surface area contributed by atoms with Gasteiger partial charge in [0.05, 0.1) is 6.54 Å². The predicted octanol–water partition coefficient (Wildman–Crippen LogP) is 2.38. The summed E-state index contributed by atoms with van der Waals surface area (Å²) < 4.78 is 0. The first kappa shape index (κ1) is 19.0. The molecule has 3 N–H and O–H groups in total. The molecule has 1 aromatic heterocycles. The lowest BCUT2D eigenvalue weighted by Gasteiger charge is -2.15. The highest BCUT2D eigenvalue weighted by molar-refractivity contribution is 7.10. The summed E-state index contributed by atoms with van der Waals surface area (Å²) in [7, 11) is 1.71. The molecule has 0 bridgehead atoms. The van der Waals surface area contributed by atoms with Crippen LogP contribution in [-0.2, 0) is 11.2 Å². The monoisotopic (exact) mass is 358 g/mol. The molecule has 0 aliphatic rings. The zero-order valence-corrected chi connectivity index (χ0v) is 15.6. The molecule has 1 atom stereocenters. The molecule has 0 radical (unpaired) electrons. The maximum Gasteiger partial charge on any atom is 0.239 e. The molecule has 0 aliphatic heterocycles. The Bertz CT molecular complexity index is 655. The SMILES string of the molecule is CN=C(NCC(=O)NCCc1ccccc1)NCC(C)c1cccs1. The molecular formula is C19H26N4OS. The fourth-order valence-corrected chi connectivity index (χ4v) is 3.15. The molecule has 1 unspecified atom stereocenters. The number of hydrogen-bond acceptors (Lipinski definition) is 3. The minimum atomic E-state index is -0.0369. The summed E-state index contributed by atoms with van der Waals surface area (Å²) in [5.74, 6) is 1.00. The van der Waals surface area contributed by atoms with E-state index in [1.165, 1.54) is 10.4 Å². The molecule has 6 heteroatoms. The van der Waals surface area contributed by atoms with Crippen LogP contribution in [0.1, 0.15) is 23.3 Å². The second-order valence-corrected chi connectivity index (χ2v) is 6.79. The number of benzene rings is 1. The van der Waals surface area contributed by atoms with Gasteiger partial charge >= 0.3 is 0 Å². The van der Waals surface area contributed by atoms with Gasteiger partial charge in [-0.05, 0) is 23.4 Å². The molecule has 1 aromatic carbocycles. The van der Waals surface area contributed by atoms with Gasteiger partial charge in [-0.2, -0.15) is 0 Å². The van der Waals surface area contributed by atoms with Crippen molar-refractivity contribution < 1.29 is 4.79 Å². The lowest BCUT2D eigenvalue weighted by Crippen LogP contribution is -2.44. The van der Waals surface area contributed by atoms with E-state index in [2.05, 4.69) is 57.5 Å². The van der Waals surface area contributed by atoms with E-state index in [4.69, 9.17) is 0 Å². The molecule has 0 saturated carbocycles. The van der Waals surface area contributed by atoms with Gasteiger partial charge in [-0.15, -0.1) is 11.3 Å². The Hall–Kier alpha value is -2.34. The number of amides is 1. The third-order valence-electron chi connectivity index (χ3n) is 3.82. The zero-order chi connectivity index (χ0) is 17.9. The Balaban J connectivity index is 1.63. The number of thiophene rings is 1. The van der Waals surface area contributed by atoms with E-state index in [9.17, 15) is 4.79 Å². The highest BCUT2D eigenvalue weighted by atomic mass is 32.1. The van der Waals surface area contributed by atoms with Crippen LogP contribution in [0.3, 0.4) is 0 Å². The molecule has 0 fully saturated rings. The maximum absolute atomic E-state index is 11.9. The van der Waals surface area contributed by atoms with Crippen LogP contribution >= 0.6 is 11.3 Å². The largest absolute Gasteiger partial charge is 0.356 e. The van der Waals surface area contributed by atoms with E-state index < -0.39 is 0 Å². The second kappa shape index (κ2) is 10.5. The molecule has 1 amide bonds. The van der Waals surface area contributed by atoms with Gasteiger partial charge in [0.1, 0.15) is 0 Å². The Morgan fingerprint density at radius 1 is 1.12 bits per heavy atom. The summed E-state index contributed by atoms with van der Waals surface area (Å²) in [6, 6.07) is 14.3. The highest BCUT2D eigenvalue weighted by Gasteiger charge is 2.08. The summed E-state index contributed by atoms with van der Waals surface area (Å²) >= 11 is 1.75. The van der Waals surface area contributed by atoms with Gasteiger partial charge in [0.2, 0.25) is 5.91 Å². The second-order valence-electron chi connectivity index (χ2n) is 5.81. The minimum absolute atomic E-state index is 0.0369. The average molecular weight is 359 g/mol. The van der Waals surface area contributed by atoms with E-state index in [0.717, 1.165) is 13.0 Å². The number of nitrogens with one attached hydrogen (secondary N) is 3. The van der Waals surface area contributed by atoms with Crippen molar-refractivity contribution in [1.82, 2.24) is 16.0 Å². The molecule has 1 heterocycles. The molecule has 2 rings (SSSR count). The van der Waals surface area contributed by atoms with E-state index in [1.807, 2.05) is 18.2 Å². The molecule has 0 saturated heterocycles. The lowest BCUT2D eigenvalue weighted by molar-refractivity contribution is -0.119. The van der Waals surface area contributed by atoms with Crippen molar-refractivity contribution in [3.8, 4) is 0 Å². The first-order valence-electron chi connectivity index (χ1n) is 8.47. The van der Waals surface area contributed by atoms with Gasteiger partial charge in [-0.1, -0.05) is 43.3 Å². The van der Waals surface area contributed by atoms with Crippen LogP contribution in [0.25, 0.3) is 0 Å². The molecule has 25 heavy (non-hydrogen) atoms. The number of nitrogens with zero attached hydrogens (tertiary/aromatic N) is 1. The van der Waals surface area contributed by atoms with Crippen LogP contribution in [0.2, 0.25) is 0 Å². The fraction of sp³-hybridized carbons (Fsp3) is 0.368. The smallest absolute Gasteiger partial charge is 0.239 e. The van der Waals surface area contributed by atoms with Crippen LogP contribution < -0.4 is 16.0 Å². The Labute approximate surface area is 153 Å². The summed E-state index contributed by atoms with van der Waals surface area (Å²) in [6.45, 7) is 3.78. The van der Waals surface area contributed by atoms with Gasteiger partial charge in [0.15, 0.2) is 5.96 Å². The van der Waals surface area contributed by atoms with E-state index in [0.29, 0.717) is 18.4 Å². The van der Waals surface area contributed by atoms with Crippen LogP contribution in [-0.4, -0.2) is 38.5 Å². The van der Waals surface area contributed by atoms with Gasteiger partial charge in [-0.3, -0.25) is 9.79 Å². The number of hydrogen-bond donors (Lipinski definition) is 3. The first-order chi connectivity index (χ1) is 12.2. The molecule has 134 valence electrons. The van der Waals surface area contributed by atoms with Gasteiger partial charge in [-0.25, -0.2) is 0 Å². The van der Waals surface area contributed by atoms with E-state index >= 15 is 0 Å². The third kappa shape index (κ3) is 6.97. The van der Waals surface area contributed by atoms with Gasteiger partial charge in [0, 0.05) is 30.9 Å². The topological polar surface area (TPSA) is 65.5 Å². The molecule has 2 aromatic rings. The number of aliphatic imine (C=N–C) groups is 1. The third-order valence-corrected chi connectivity index (χ3v) is 4.93.